The van der Waals surface area contributed by atoms with Gasteiger partial charge in [0.05, 0.1) is 15.4 Å². The third-order valence-corrected chi connectivity index (χ3v) is 2.90. The lowest BCUT2D eigenvalue weighted by atomic mass is 10.0. The molecule has 2 nitrogen and oxygen atoms in total. The van der Waals surface area contributed by atoms with Crippen molar-refractivity contribution >= 4 is 0 Å². The molecule has 1 fully saturated rings. The zero-order chi connectivity index (χ0) is 12.0. The fourth-order valence-electron chi connectivity index (χ4n) is 2.12. The Bertz CT molecular complexity index is 470. The summed E-state index contributed by atoms with van der Waals surface area (Å²) in [6, 6.07) is 7.85. The van der Waals surface area contributed by atoms with Crippen LogP contribution in [0.4, 0.5) is 0 Å². The molecule has 2 aliphatic heterocycles. The molecule has 0 radical (unpaired) electrons. The fourth-order valence-corrected chi connectivity index (χ4v) is 2.12. The lowest BCUT2D eigenvalue weighted by molar-refractivity contribution is -0.161. The van der Waals surface area contributed by atoms with E-state index in [0.717, 1.165) is 17.5 Å². The third kappa shape index (κ3) is 1.50. The number of hydrogen-bond acceptors (Lipinski definition) is 2. The largest absolute Gasteiger partial charge is 0.344 e. The molecule has 15 heavy (non-hydrogen) atoms. The van der Waals surface area contributed by atoms with E-state index in [-0.39, 0.29) is 6.10 Å². The summed E-state index contributed by atoms with van der Waals surface area (Å²) in [5.74, 6) is 0. The highest BCUT2D eigenvalue weighted by Crippen LogP contribution is 2.43. The van der Waals surface area contributed by atoms with Gasteiger partial charge in [-0.25, -0.2) is 0 Å². The van der Waals surface area contributed by atoms with E-state index in [1.165, 1.54) is 0 Å². The fraction of sp³-hybridized carbons (Fsp3) is 0.385. The van der Waals surface area contributed by atoms with Gasteiger partial charge in [-0.15, -0.1) is 0 Å². The molecule has 0 amide bonds. The van der Waals surface area contributed by atoms with Gasteiger partial charge >= 0.3 is 0 Å². The number of benzene rings is 1. The molecule has 1 aromatic carbocycles. The highest BCUT2D eigenvalue weighted by atomic mass is 16.7. The first kappa shape index (κ1) is 7.20. The first-order chi connectivity index (χ1) is 8.08. The maximum absolute atomic E-state index is 7.83. The molecular formula is C13H14O2. The molecule has 0 saturated carbocycles. The molecule has 2 atom stereocenters. The van der Waals surface area contributed by atoms with Crippen LogP contribution in [0.25, 0.3) is 0 Å². The predicted octanol–water partition coefficient (Wildman–Crippen LogP) is 3.12. The smallest absolute Gasteiger partial charge is 0.185 e. The van der Waals surface area contributed by atoms with Crippen molar-refractivity contribution in [3.8, 4) is 0 Å². The molecule has 2 heteroatoms. The lowest BCUT2D eigenvalue weighted by Crippen LogP contribution is -2.10. The maximum Gasteiger partial charge on any atom is 0.185 e. The summed E-state index contributed by atoms with van der Waals surface area (Å²) >= 11 is 0. The summed E-state index contributed by atoms with van der Waals surface area (Å²) in [6.07, 6.45) is 0.737. The van der Waals surface area contributed by atoms with Crippen LogP contribution in [0.2, 0.25) is 0 Å². The van der Waals surface area contributed by atoms with Gasteiger partial charge in [0.15, 0.2) is 6.29 Å². The molecule has 2 heterocycles. The van der Waals surface area contributed by atoms with Crippen LogP contribution in [-0.4, -0.2) is 6.56 Å². The number of ether oxygens (including phenoxy) is 2. The molecule has 2 aliphatic rings. The Hall–Kier alpha value is -1.12. The second kappa shape index (κ2) is 3.47. The summed E-state index contributed by atoms with van der Waals surface area (Å²) in [6.45, 7) is 1.96. The summed E-state index contributed by atoms with van der Waals surface area (Å²) in [4.78, 5) is 0. The Morgan fingerprint density at radius 2 is 2.13 bits per heavy atom. The van der Waals surface area contributed by atoms with Gasteiger partial charge in [0.1, 0.15) is 0 Å². The van der Waals surface area contributed by atoms with E-state index in [4.69, 9.17) is 12.2 Å². The van der Waals surface area contributed by atoms with Gasteiger partial charge in [-0.05, 0) is 18.4 Å². The van der Waals surface area contributed by atoms with Crippen LogP contribution in [-0.2, 0) is 9.47 Å². The standard InChI is InChI=1S/C13H14O2/c1-9-6-7-12-10-4-2-3-5-11(10)13(15-12)14-8-9/h2-5,12-13H,1,6-8H2/t12-,13-/m1/s1/i8D2. The van der Waals surface area contributed by atoms with E-state index in [1.54, 1.807) is 0 Å². The Kier molecular flexibility index (Phi) is 1.67. The van der Waals surface area contributed by atoms with Crippen LogP contribution < -0.4 is 0 Å². The minimum Gasteiger partial charge on any atom is -0.344 e. The van der Waals surface area contributed by atoms with Crippen LogP contribution in [0.1, 0.15) is 39.1 Å². The third-order valence-electron chi connectivity index (χ3n) is 2.90. The molecule has 1 aromatic rings. The molecule has 0 N–H and O–H groups in total. The molecule has 0 unspecified atom stereocenters. The van der Waals surface area contributed by atoms with Gasteiger partial charge < -0.3 is 9.47 Å². The number of rotatable bonds is 0. The van der Waals surface area contributed by atoms with Crippen LogP contribution in [0, 0.1) is 0 Å². The summed E-state index contributed by atoms with van der Waals surface area (Å²) in [7, 11) is 0. The molecule has 0 aliphatic carbocycles. The Labute approximate surface area is 92.3 Å². The second-order valence-electron chi connectivity index (χ2n) is 3.95. The van der Waals surface area contributed by atoms with Crippen molar-refractivity contribution in [1.82, 2.24) is 0 Å². The van der Waals surface area contributed by atoms with Crippen molar-refractivity contribution in [3.05, 3.63) is 47.5 Å². The van der Waals surface area contributed by atoms with Crippen molar-refractivity contribution in [3.63, 3.8) is 0 Å². The molecule has 0 aromatic heterocycles. The summed E-state index contributed by atoms with van der Waals surface area (Å²) in [5, 5.41) is 0. The highest BCUT2D eigenvalue weighted by molar-refractivity contribution is 5.33. The first-order valence-electron chi connectivity index (χ1n) is 6.18. The Morgan fingerprint density at radius 3 is 3.00 bits per heavy atom. The molecule has 3 rings (SSSR count). The van der Waals surface area contributed by atoms with E-state index in [1.807, 2.05) is 24.3 Å². The lowest BCUT2D eigenvalue weighted by Gasteiger charge is -2.19. The van der Waals surface area contributed by atoms with Gasteiger partial charge in [-0.2, -0.15) is 0 Å². The van der Waals surface area contributed by atoms with Gasteiger partial charge in [0, 0.05) is 5.56 Å². The van der Waals surface area contributed by atoms with Gasteiger partial charge in [0.25, 0.3) is 0 Å². The van der Waals surface area contributed by atoms with Gasteiger partial charge in [0.2, 0.25) is 0 Å². The summed E-state index contributed by atoms with van der Waals surface area (Å²) in [5.41, 5.74) is 2.54. The van der Waals surface area contributed by atoms with Crippen LogP contribution >= 0.6 is 0 Å². The minimum atomic E-state index is -1.81. The molecule has 78 valence electrons. The Morgan fingerprint density at radius 1 is 1.33 bits per heavy atom. The zero-order valence-electron chi connectivity index (χ0n) is 10.4. The molecule has 2 bridgehead atoms. The molecular weight excluding hydrogens is 188 g/mol. The van der Waals surface area contributed by atoms with E-state index < -0.39 is 12.8 Å². The SMILES string of the molecule is [2H]C1([2H])O[C@@H]2O[C@H](CCC1=C)c1ccccc12. The highest BCUT2D eigenvalue weighted by Gasteiger charge is 2.33. The molecule has 1 saturated heterocycles. The molecule has 0 spiro atoms. The monoisotopic (exact) mass is 204 g/mol. The number of fused-ring (bicyclic) bond motifs is 5. The normalized spacial score (nSPS) is 34.8. The van der Waals surface area contributed by atoms with Crippen molar-refractivity contribution in [1.29, 1.82) is 0 Å². The van der Waals surface area contributed by atoms with Gasteiger partial charge in [-0.1, -0.05) is 36.4 Å². The van der Waals surface area contributed by atoms with Crippen molar-refractivity contribution < 1.29 is 12.2 Å². The maximum atomic E-state index is 7.83. The van der Waals surface area contributed by atoms with Crippen LogP contribution in [0.3, 0.4) is 0 Å². The van der Waals surface area contributed by atoms with E-state index in [2.05, 4.69) is 6.58 Å². The number of hydrogen-bond donors (Lipinski definition) is 0. The zero-order valence-corrected chi connectivity index (χ0v) is 8.40. The first-order valence-corrected chi connectivity index (χ1v) is 5.18. The quantitative estimate of drug-likeness (QED) is 0.604. The summed E-state index contributed by atoms with van der Waals surface area (Å²) < 4.78 is 26.8. The predicted molar refractivity (Wildman–Crippen MR) is 57.3 cm³/mol. The van der Waals surface area contributed by atoms with E-state index in [0.29, 0.717) is 12.0 Å². The van der Waals surface area contributed by atoms with Gasteiger partial charge in [-0.3, -0.25) is 0 Å². The van der Waals surface area contributed by atoms with Crippen molar-refractivity contribution in [2.45, 2.75) is 25.2 Å². The van der Waals surface area contributed by atoms with Crippen molar-refractivity contribution in [2.24, 2.45) is 0 Å². The average molecular weight is 204 g/mol. The van der Waals surface area contributed by atoms with Crippen molar-refractivity contribution in [2.75, 3.05) is 6.56 Å². The van der Waals surface area contributed by atoms with E-state index >= 15 is 0 Å². The average Bonchev–Trinajstić information content (AvgIpc) is 2.64. The minimum absolute atomic E-state index is 0.00375. The van der Waals surface area contributed by atoms with E-state index in [9.17, 15) is 0 Å². The second-order valence-corrected chi connectivity index (χ2v) is 3.95. The topological polar surface area (TPSA) is 18.5 Å². The van der Waals surface area contributed by atoms with Crippen LogP contribution in [0.5, 0.6) is 0 Å². The Balaban J connectivity index is 2.02. The van der Waals surface area contributed by atoms with Crippen LogP contribution in [0.15, 0.2) is 36.4 Å².